The molecule has 194 valence electrons. The molecule has 1 aliphatic heterocycles. The molecule has 2 aromatic heterocycles. The predicted octanol–water partition coefficient (Wildman–Crippen LogP) is 4.75. The molecule has 0 amide bonds. The third kappa shape index (κ3) is 4.27. The molecule has 1 fully saturated rings. The zero-order valence-electron chi connectivity index (χ0n) is 20.1. The zero-order valence-corrected chi connectivity index (χ0v) is 20.9. The van der Waals surface area contributed by atoms with Crippen LogP contribution in [0.3, 0.4) is 0 Å². The molecule has 0 unspecified atom stereocenters. The highest BCUT2D eigenvalue weighted by Crippen LogP contribution is 2.42. The molecule has 1 saturated heterocycles. The van der Waals surface area contributed by atoms with E-state index in [9.17, 15) is 19.8 Å². The number of aromatic hydroxyl groups is 2. The number of anilines is 1. The Morgan fingerprint density at radius 1 is 0.684 bits per heavy atom. The normalized spacial score (nSPS) is 13.7. The van der Waals surface area contributed by atoms with Gasteiger partial charge < -0.3 is 28.7 Å². The molecule has 3 aromatic carbocycles. The Hall–Kier alpha value is -4.27. The van der Waals surface area contributed by atoms with Gasteiger partial charge in [0.2, 0.25) is 0 Å². The molecule has 0 saturated carbocycles. The van der Waals surface area contributed by atoms with E-state index >= 15 is 0 Å². The van der Waals surface area contributed by atoms with E-state index in [1.54, 1.807) is 60.7 Å². The van der Waals surface area contributed by atoms with Crippen molar-refractivity contribution in [2.45, 2.75) is 5.92 Å². The van der Waals surface area contributed by atoms with Gasteiger partial charge in [-0.1, -0.05) is 36.4 Å². The summed E-state index contributed by atoms with van der Waals surface area (Å²) in [5.74, 6) is -1.79. The van der Waals surface area contributed by atoms with Crippen LogP contribution in [0.2, 0.25) is 0 Å². The Labute approximate surface area is 222 Å². The number of para-hydroxylation sites is 2. The van der Waals surface area contributed by atoms with E-state index in [0.29, 0.717) is 29.5 Å². The van der Waals surface area contributed by atoms with E-state index in [1.165, 1.54) is 0 Å². The highest BCUT2D eigenvalue weighted by molar-refractivity contribution is 5.87. The van der Waals surface area contributed by atoms with Gasteiger partial charge in [-0.2, -0.15) is 0 Å². The lowest BCUT2D eigenvalue weighted by Gasteiger charge is -2.29. The highest BCUT2D eigenvalue weighted by atomic mass is 35.5. The molecule has 3 heterocycles. The van der Waals surface area contributed by atoms with Crippen LogP contribution in [0.5, 0.6) is 11.5 Å². The third-order valence-corrected chi connectivity index (χ3v) is 6.82. The van der Waals surface area contributed by atoms with Crippen molar-refractivity contribution in [3.8, 4) is 11.5 Å². The van der Waals surface area contributed by atoms with Crippen molar-refractivity contribution in [1.29, 1.82) is 0 Å². The highest BCUT2D eigenvalue weighted by Gasteiger charge is 2.32. The number of hydrogen-bond donors (Lipinski definition) is 2. The third-order valence-electron chi connectivity index (χ3n) is 6.82. The molecule has 0 radical (unpaired) electrons. The Bertz CT molecular complexity index is 1640. The van der Waals surface area contributed by atoms with Crippen LogP contribution >= 0.6 is 12.4 Å². The molecule has 5 aromatic rings. The maximum atomic E-state index is 13.3. The van der Waals surface area contributed by atoms with Gasteiger partial charge in [-0.25, -0.2) is 9.59 Å². The minimum absolute atomic E-state index is 0. The number of benzene rings is 3. The summed E-state index contributed by atoms with van der Waals surface area (Å²) < 4.78 is 16.5. The first kappa shape index (κ1) is 25.4. The van der Waals surface area contributed by atoms with E-state index in [2.05, 4.69) is 4.90 Å². The molecular weight excluding hydrogens is 510 g/mol. The van der Waals surface area contributed by atoms with Crippen LogP contribution in [-0.4, -0.2) is 36.5 Å². The number of halogens is 1. The number of rotatable bonds is 4. The average Bonchev–Trinajstić information content (AvgIpc) is 2.93. The molecule has 8 nitrogen and oxygen atoms in total. The number of ether oxygens (including phenoxy) is 1. The number of morpholine rings is 1. The van der Waals surface area contributed by atoms with Crippen molar-refractivity contribution in [1.82, 2.24) is 0 Å². The van der Waals surface area contributed by atoms with Crippen molar-refractivity contribution in [2.24, 2.45) is 0 Å². The molecule has 1 aliphatic rings. The Kier molecular flexibility index (Phi) is 6.84. The number of fused-ring (bicyclic) bond motifs is 2. The van der Waals surface area contributed by atoms with Gasteiger partial charge in [0.05, 0.1) is 41.0 Å². The molecule has 0 aliphatic carbocycles. The first-order valence-electron chi connectivity index (χ1n) is 11.9. The van der Waals surface area contributed by atoms with Crippen LogP contribution in [0.15, 0.2) is 91.2 Å². The van der Waals surface area contributed by atoms with E-state index in [4.69, 9.17) is 13.6 Å². The van der Waals surface area contributed by atoms with Crippen LogP contribution in [-0.2, 0) is 4.74 Å². The van der Waals surface area contributed by atoms with Crippen molar-refractivity contribution in [2.75, 3.05) is 31.2 Å². The number of hydrogen-bond acceptors (Lipinski definition) is 8. The molecule has 6 rings (SSSR count). The molecule has 0 spiro atoms. The van der Waals surface area contributed by atoms with E-state index in [0.717, 1.165) is 18.8 Å². The summed E-state index contributed by atoms with van der Waals surface area (Å²) in [6.45, 7) is 2.74. The van der Waals surface area contributed by atoms with Crippen LogP contribution < -0.4 is 16.2 Å². The molecule has 0 atom stereocenters. The van der Waals surface area contributed by atoms with Crippen molar-refractivity contribution in [3.05, 3.63) is 110 Å². The molecular formula is C29H24ClNO7. The molecule has 0 bridgehead atoms. The average molecular weight is 534 g/mol. The fraction of sp³-hybridized carbons (Fsp3) is 0.172. The predicted molar refractivity (Wildman–Crippen MR) is 146 cm³/mol. The summed E-state index contributed by atoms with van der Waals surface area (Å²) in [4.78, 5) is 28.7. The Morgan fingerprint density at radius 3 is 1.66 bits per heavy atom. The summed E-state index contributed by atoms with van der Waals surface area (Å²) in [5, 5.41) is 23.2. The second-order valence-corrected chi connectivity index (χ2v) is 8.92. The van der Waals surface area contributed by atoms with Gasteiger partial charge >= 0.3 is 11.3 Å². The second-order valence-electron chi connectivity index (χ2n) is 8.92. The summed E-state index contributed by atoms with van der Waals surface area (Å²) >= 11 is 0. The Morgan fingerprint density at radius 2 is 1.16 bits per heavy atom. The fourth-order valence-electron chi connectivity index (χ4n) is 4.98. The second kappa shape index (κ2) is 10.2. The minimum atomic E-state index is -1.15. The topological polar surface area (TPSA) is 113 Å². The van der Waals surface area contributed by atoms with Crippen LogP contribution in [0, 0.1) is 0 Å². The monoisotopic (exact) mass is 533 g/mol. The SMILES string of the molecule is Cl.O=c1oc2ccccc2c(O)c1C(c1ccc(N2CCOCC2)cc1)c1c(O)c2ccccc2oc1=O. The zero-order chi connectivity index (χ0) is 25.5. The standard InChI is InChI=1S/C29H23NO7.ClH/c31-26-19-5-1-3-7-21(19)36-28(33)24(26)23(17-9-11-18(12-10-17)30-13-15-35-16-14-30)25-27(32)20-6-2-4-8-22(20)37-29(25)34;/h1-12,23,31-32H,13-16H2;1H. The largest absolute Gasteiger partial charge is 0.507 e. The van der Waals surface area contributed by atoms with Gasteiger partial charge in [0.15, 0.2) is 0 Å². The van der Waals surface area contributed by atoms with Crippen LogP contribution in [0.25, 0.3) is 21.9 Å². The number of nitrogens with zero attached hydrogens (tertiary/aromatic N) is 1. The van der Waals surface area contributed by atoms with Crippen molar-refractivity contribution >= 4 is 40.0 Å². The first-order chi connectivity index (χ1) is 18.0. The van der Waals surface area contributed by atoms with Gasteiger partial charge in [-0.3, -0.25) is 0 Å². The minimum Gasteiger partial charge on any atom is -0.507 e. The fourth-order valence-corrected chi connectivity index (χ4v) is 4.98. The molecule has 38 heavy (non-hydrogen) atoms. The first-order valence-corrected chi connectivity index (χ1v) is 11.9. The quantitative estimate of drug-likeness (QED) is 0.318. The van der Waals surface area contributed by atoms with E-state index in [1.807, 2.05) is 12.1 Å². The lowest BCUT2D eigenvalue weighted by molar-refractivity contribution is 0.122. The van der Waals surface area contributed by atoms with Crippen LogP contribution in [0.4, 0.5) is 5.69 Å². The smallest absolute Gasteiger partial charge is 0.344 e. The Balaban J connectivity index is 0.00000294. The van der Waals surface area contributed by atoms with E-state index in [-0.39, 0.29) is 46.2 Å². The van der Waals surface area contributed by atoms with Gasteiger partial charge in [-0.05, 0) is 42.0 Å². The lowest BCUT2D eigenvalue weighted by Crippen LogP contribution is -2.36. The van der Waals surface area contributed by atoms with Gasteiger partial charge in [0.25, 0.3) is 0 Å². The van der Waals surface area contributed by atoms with Crippen molar-refractivity contribution < 1.29 is 23.8 Å². The summed E-state index contributed by atoms with van der Waals surface area (Å²) in [6.07, 6.45) is 0. The maximum Gasteiger partial charge on any atom is 0.344 e. The maximum absolute atomic E-state index is 13.3. The van der Waals surface area contributed by atoms with Gasteiger partial charge in [-0.15, -0.1) is 12.4 Å². The van der Waals surface area contributed by atoms with E-state index < -0.39 is 17.2 Å². The van der Waals surface area contributed by atoms with Gasteiger partial charge in [0.1, 0.15) is 22.7 Å². The van der Waals surface area contributed by atoms with Crippen LogP contribution in [0.1, 0.15) is 22.6 Å². The summed E-state index contributed by atoms with van der Waals surface area (Å²) in [6, 6.07) is 20.5. The van der Waals surface area contributed by atoms with Gasteiger partial charge in [0, 0.05) is 18.8 Å². The summed E-state index contributed by atoms with van der Waals surface area (Å²) in [7, 11) is 0. The lowest BCUT2D eigenvalue weighted by atomic mass is 9.84. The summed E-state index contributed by atoms with van der Waals surface area (Å²) in [5.41, 5.74) is -0.0554. The molecule has 9 heteroatoms. The van der Waals surface area contributed by atoms with Crippen molar-refractivity contribution in [3.63, 3.8) is 0 Å². The molecule has 2 N–H and O–H groups in total.